The Morgan fingerprint density at radius 1 is 0.706 bits per heavy atom. The molecule has 4 N–H and O–H groups in total. The van der Waals surface area contributed by atoms with E-state index in [1.807, 2.05) is 0 Å². The van der Waals surface area contributed by atoms with Gasteiger partial charge in [-0.1, -0.05) is 45.2 Å². The molecule has 0 aliphatic carbocycles. The van der Waals surface area contributed by atoms with Crippen LogP contribution in [0.25, 0.3) is 0 Å². The van der Waals surface area contributed by atoms with Crippen molar-refractivity contribution in [1.29, 1.82) is 0 Å². The maximum atomic E-state index is 9.23. The van der Waals surface area contributed by atoms with E-state index in [-0.39, 0.29) is 39.6 Å². The summed E-state index contributed by atoms with van der Waals surface area (Å²) in [6.07, 6.45) is 0. The maximum absolute atomic E-state index is 9.23. The number of aliphatic hydroxyl groups is 4. The minimum absolute atomic E-state index is 0.151. The lowest BCUT2D eigenvalue weighted by Gasteiger charge is -2.31. The van der Waals surface area contributed by atoms with Gasteiger partial charge in [0.15, 0.2) is 0 Å². The Kier molecular flexibility index (Phi) is 9.89. The number of halogens is 2. The molecule has 7 heteroatoms. The van der Waals surface area contributed by atoms with Crippen molar-refractivity contribution < 1.29 is 25.2 Å². The van der Waals surface area contributed by atoms with Gasteiger partial charge in [0.1, 0.15) is 0 Å². The molecule has 0 saturated heterocycles. The van der Waals surface area contributed by atoms with Gasteiger partial charge in [0, 0.05) is 19.7 Å². The molecule has 0 radical (unpaired) electrons. The predicted molar refractivity (Wildman–Crippen MR) is 81.8 cm³/mol. The van der Waals surface area contributed by atoms with Crippen LogP contribution in [-0.2, 0) is 4.74 Å². The van der Waals surface area contributed by atoms with Crippen LogP contribution in [-0.4, -0.2) is 68.9 Å². The van der Waals surface area contributed by atoms with Gasteiger partial charge in [-0.3, -0.25) is 0 Å². The van der Waals surface area contributed by atoms with Gasteiger partial charge < -0.3 is 25.2 Å². The zero-order valence-electron chi connectivity index (χ0n) is 9.61. The van der Waals surface area contributed by atoms with Crippen molar-refractivity contribution in [1.82, 2.24) is 0 Å². The molecule has 0 bridgehead atoms. The first-order chi connectivity index (χ1) is 8.07. The van der Waals surface area contributed by atoms with Gasteiger partial charge in [-0.2, -0.15) is 0 Å². The van der Waals surface area contributed by atoms with Gasteiger partial charge in [-0.05, 0) is 0 Å². The van der Waals surface area contributed by atoms with Crippen LogP contribution in [0.5, 0.6) is 0 Å². The van der Waals surface area contributed by atoms with Crippen molar-refractivity contribution in [2.75, 3.05) is 48.5 Å². The quantitative estimate of drug-likeness (QED) is 0.261. The van der Waals surface area contributed by atoms with E-state index in [1.165, 1.54) is 0 Å². The van der Waals surface area contributed by atoms with Crippen LogP contribution in [0.15, 0.2) is 0 Å². The molecule has 104 valence electrons. The SMILES string of the molecule is OCC(CO)(CI)COCC(CO)(CO)CI. The van der Waals surface area contributed by atoms with Crippen LogP contribution in [0.1, 0.15) is 0 Å². The molecule has 0 spiro atoms. The molecule has 0 heterocycles. The van der Waals surface area contributed by atoms with E-state index >= 15 is 0 Å². The number of ether oxygens (including phenoxy) is 1. The average Bonchev–Trinajstić information content (AvgIpc) is 2.41. The minimum atomic E-state index is -0.650. The fraction of sp³-hybridized carbons (Fsp3) is 1.00. The van der Waals surface area contributed by atoms with Crippen LogP contribution < -0.4 is 0 Å². The van der Waals surface area contributed by atoms with Gasteiger partial charge in [0.05, 0.1) is 39.6 Å². The molecule has 0 aromatic rings. The van der Waals surface area contributed by atoms with Gasteiger partial charge in [-0.25, -0.2) is 0 Å². The van der Waals surface area contributed by atoms with Gasteiger partial charge in [0.2, 0.25) is 0 Å². The molecule has 0 aliphatic heterocycles. The predicted octanol–water partition coefficient (Wildman–Crippen LogP) is -0.185. The Morgan fingerprint density at radius 2 is 1.00 bits per heavy atom. The normalized spacial score (nSPS) is 13.1. The molecular weight excluding hydrogens is 454 g/mol. The summed E-state index contributed by atoms with van der Waals surface area (Å²) in [6.45, 7) is -0.184. The molecule has 17 heavy (non-hydrogen) atoms. The molecular formula is C10H20I2O5. The average molecular weight is 474 g/mol. The van der Waals surface area contributed by atoms with Crippen LogP contribution in [0.4, 0.5) is 0 Å². The molecule has 0 aliphatic rings. The summed E-state index contributed by atoms with van der Waals surface area (Å²) in [7, 11) is 0. The Balaban J connectivity index is 4.28. The van der Waals surface area contributed by atoms with Crippen molar-refractivity contribution >= 4 is 45.2 Å². The van der Waals surface area contributed by atoms with Crippen molar-refractivity contribution in [3.05, 3.63) is 0 Å². The van der Waals surface area contributed by atoms with Crippen LogP contribution in [0, 0.1) is 10.8 Å². The fourth-order valence-electron chi connectivity index (χ4n) is 1.01. The minimum Gasteiger partial charge on any atom is -0.396 e. The van der Waals surface area contributed by atoms with Crippen molar-refractivity contribution in [3.63, 3.8) is 0 Å². The van der Waals surface area contributed by atoms with Crippen molar-refractivity contribution in [2.24, 2.45) is 10.8 Å². The molecule has 0 aromatic carbocycles. The molecule has 0 amide bonds. The van der Waals surface area contributed by atoms with E-state index in [0.717, 1.165) is 0 Å². The highest BCUT2D eigenvalue weighted by atomic mass is 127. The fourth-order valence-corrected chi connectivity index (χ4v) is 2.42. The van der Waals surface area contributed by atoms with Crippen LogP contribution >= 0.6 is 45.2 Å². The molecule has 0 saturated carbocycles. The molecule has 0 aromatic heterocycles. The second-order valence-electron chi connectivity index (χ2n) is 4.39. The third-order valence-electron chi connectivity index (χ3n) is 2.73. The van der Waals surface area contributed by atoms with E-state index in [2.05, 4.69) is 45.2 Å². The maximum Gasteiger partial charge on any atom is 0.0574 e. The Bertz CT molecular complexity index is 159. The monoisotopic (exact) mass is 474 g/mol. The molecule has 0 fully saturated rings. The second kappa shape index (κ2) is 9.21. The van der Waals surface area contributed by atoms with E-state index in [4.69, 9.17) is 4.74 Å². The summed E-state index contributed by atoms with van der Waals surface area (Å²) in [4.78, 5) is 0. The lowest BCUT2D eigenvalue weighted by atomic mass is 9.92. The Labute approximate surface area is 129 Å². The standard InChI is InChI=1S/C10H20I2O5/c11-1-9(3-13,4-14)7-17-8-10(2-12,5-15)6-16/h13-16H,1-8H2. The Hall–Kier alpha value is 1.26. The third-order valence-corrected chi connectivity index (χ3v) is 5.96. The number of rotatable bonds is 10. The van der Waals surface area contributed by atoms with Gasteiger partial charge >= 0.3 is 0 Å². The highest BCUT2D eigenvalue weighted by Crippen LogP contribution is 2.23. The molecule has 0 atom stereocenters. The number of alkyl halides is 2. The summed E-state index contributed by atoms with van der Waals surface area (Å²) in [6, 6.07) is 0. The Morgan fingerprint density at radius 3 is 1.18 bits per heavy atom. The van der Waals surface area contributed by atoms with Gasteiger partial charge in [0.25, 0.3) is 0 Å². The molecule has 0 unspecified atom stereocenters. The molecule has 0 rings (SSSR count). The van der Waals surface area contributed by atoms with E-state index < -0.39 is 10.8 Å². The summed E-state index contributed by atoms with van der Waals surface area (Å²) in [5, 5.41) is 36.9. The third kappa shape index (κ3) is 5.41. The largest absolute Gasteiger partial charge is 0.396 e. The van der Waals surface area contributed by atoms with E-state index in [9.17, 15) is 20.4 Å². The first kappa shape index (κ1) is 18.3. The highest BCUT2D eigenvalue weighted by molar-refractivity contribution is 14.1. The number of aliphatic hydroxyl groups excluding tert-OH is 4. The van der Waals surface area contributed by atoms with Crippen molar-refractivity contribution in [2.45, 2.75) is 0 Å². The van der Waals surface area contributed by atoms with Crippen LogP contribution in [0.3, 0.4) is 0 Å². The zero-order chi connectivity index (χ0) is 13.4. The lowest BCUT2D eigenvalue weighted by Crippen LogP contribution is -2.41. The second-order valence-corrected chi connectivity index (χ2v) is 5.92. The van der Waals surface area contributed by atoms with E-state index in [1.54, 1.807) is 0 Å². The van der Waals surface area contributed by atoms with Gasteiger partial charge in [-0.15, -0.1) is 0 Å². The van der Waals surface area contributed by atoms with E-state index in [0.29, 0.717) is 8.86 Å². The number of hydrogen-bond acceptors (Lipinski definition) is 5. The summed E-state index contributed by atoms with van der Waals surface area (Å²) in [5.74, 6) is 0. The summed E-state index contributed by atoms with van der Waals surface area (Å²) < 4.78 is 6.61. The molecule has 5 nitrogen and oxygen atoms in total. The van der Waals surface area contributed by atoms with Crippen molar-refractivity contribution in [3.8, 4) is 0 Å². The first-order valence-corrected chi connectivity index (χ1v) is 8.26. The smallest absolute Gasteiger partial charge is 0.0574 e. The summed E-state index contributed by atoms with van der Waals surface area (Å²) in [5.41, 5.74) is -1.30. The number of hydrogen-bond donors (Lipinski definition) is 4. The first-order valence-electron chi connectivity index (χ1n) is 5.21. The van der Waals surface area contributed by atoms with Crippen LogP contribution in [0.2, 0.25) is 0 Å². The highest BCUT2D eigenvalue weighted by Gasteiger charge is 2.32. The topological polar surface area (TPSA) is 90.2 Å². The summed E-state index contributed by atoms with van der Waals surface area (Å²) >= 11 is 4.18. The lowest BCUT2D eigenvalue weighted by molar-refractivity contribution is -0.0586. The zero-order valence-corrected chi connectivity index (χ0v) is 13.9.